The lowest BCUT2D eigenvalue weighted by Crippen LogP contribution is -2.39. The van der Waals surface area contributed by atoms with Crippen molar-refractivity contribution in [3.63, 3.8) is 0 Å². The van der Waals surface area contributed by atoms with E-state index in [2.05, 4.69) is 47.3 Å². The predicted octanol–water partition coefficient (Wildman–Crippen LogP) is 4.56. The van der Waals surface area contributed by atoms with E-state index in [0.29, 0.717) is 11.8 Å². The summed E-state index contributed by atoms with van der Waals surface area (Å²) in [7, 11) is 0.356. The lowest BCUT2D eigenvalue weighted by atomic mass is 9.75. The maximum Gasteiger partial charge on any atom is 0.183 e. The highest BCUT2D eigenvalue weighted by molar-refractivity contribution is 6.69. The molecule has 0 spiro atoms. The predicted molar refractivity (Wildman–Crippen MR) is 82.5 cm³/mol. The molecule has 0 N–H and O–H groups in total. The van der Waals surface area contributed by atoms with Crippen LogP contribution in [0, 0.1) is 17.3 Å². The Balaban J connectivity index is 4.81. The van der Waals surface area contributed by atoms with Crippen LogP contribution in [-0.4, -0.2) is 28.6 Å². The van der Waals surface area contributed by atoms with Crippen molar-refractivity contribution >= 4 is 8.32 Å². The van der Waals surface area contributed by atoms with E-state index in [1.807, 2.05) is 7.11 Å². The van der Waals surface area contributed by atoms with Gasteiger partial charge in [0.25, 0.3) is 0 Å². The van der Waals surface area contributed by atoms with E-state index < -0.39 is 8.32 Å². The smallest absolute Gasteiger partial charge is 0.183 e. The molecule has 2 nitrogen and oxygen atoms in total. The zero-order valence-corrected chi connectivity index (χ0v) is 14.8. The molecule has 0 rings (SSSR count). The number of methoxy groups -OCH3 is 1. The van der Waals surface area contributed by atoms with Gasteiger partial charge in [0.05, 0.1) is 6.61 Å². The molecule has 0 aliphatic heterocycles. The van der Waals surface area contributed by atoms with Crippen LogP contribution in [0.4, 0.5) is 0 Å². The van der Waals surface area contributed by atoms with Crippen molar-refractivity contribution in [1.29, 1.82) is 0 Å². The van der Waals surface area contributed by atoms with Gasteiger partial charge in [0.1, 0.15) is 0 Å². The minimum absolute atomic E-state index is 0.192. The van der Waals surface area contributed by atoms with Gasteiger partial charge in [-0.3, -0.25) is 0 Å². The largest absolute Gasteiger partial charge is 0.417 e. The summed E-state index contributed by atoms with van der Waals surface area (Å²) in [4.78, 5) is 0. The van der Waals surface area contributed by atoms with Crippen LogP contribution in [0.15, 0.2) is 0 Å². The van der Waals surface area contributed by atoms with Crippen molar-refractivity contribution in [3.05, 3.63) is 0 Å². The molecule has 3 heteroatoms. The Labute approximate surface area is 116 Å². The molecule has 0 aromatic heterocycles. The quantitative estimate of drug-likeness (QED) is 0.574. The molecule has 0 aliphatic rings. The van der Waals surface area contributed by atoms with Gasteiger partial charge in [-0.2, -0.15) is 0 Å². The maximum atomic E-state index is 6.21. The summed E-state index contributed by atoms with van der Waals surface area (Å²) in [5, 5.41) is 0. The second-order valence-electron chi connectivity index (χ2n) is 7.53. The van der Waals surface area contributed by atoms with Crippen molar-refractivity contribution in [2.75, 3.05) is 20.3 Å². The molecule has 0 unspecified atom stereocenters. The summed E-state index contributed by atoms with van der Waals surface area (Å²) in [5.41, 5.74) is 0.192. The van der Waals surface area contributed by atoms with Gasteiger partial charge >= 0.3 is 0 Å². The average molecular weight is 275 g/mol. The summed E-state index contributed by atoms with van der Waals surface area (Å²) < 4.78 is 11.7. The Bertz CT molecular complexity index is 209. The highest BCUT2D eigenvalue weighted by Gasteiger charge is 2.34. The van der Waals surface area contributed by atoms with Crippen LogP contribution in [0.2, 0.25) is 19.6 Å². The Hall–Kier alpha value is 0.137. The first-order chi connectivity index (χ1) is 8.10. The van der Waals surface area contributed by atoms with Crippen LogP contribution < -0.4 is 0 Å². The van der Waals surface area contributed by atoms with Gasteiger partial charge in [-0.05, 0) is 44.3 Å². The third kappa shape index (κ3) is 8.28. The summed E-state index contributed by atoms with van der Waals surface area (Å²) in [6.07, 6.45) is 2.37. The fourth-order valence-corrected chi connectivity index (χ4v) is 3.51. The molecule has 0 heterocycles. The molecule has 0 aromatic carbocycles. The number of ether oxygens (including phenoxy) is 1. The molecule has 0 bridgehead atoms. The molecule has 0 fully saturated rings. The topological polar surface area (TPSA) is 18.5 Å². The molecule has 0 amide bonds. The Morgan fingerprint density at radius 3 is 1.61 bits per heavy atom. The normalized spacial score (nSPS) is 13.7. The number of hydrogen-bond acceptors (Lipinski definition) is 2. The Morgan fingerprint density at radius 1 is 0.889 bits per heavy atom. The van der Waals surface area contributed by atoms with E-state index in [1.54, 1.807) is 0 Å². The van der Waals surface area contributed by atoms with Crippen molar-refractivity contribution in [1.82, 2.24) is 0 Å². The second-order valence-corrected chi connectivity index (χ2v) is 12.0. The maximum absolute atomic E-state index is 6.21. The van der Waals surface area contributed by atoms with E-state index in [0.717, 1.165) is 13.2 Å². The average Bonchev–Trinajstić information content (AvgIpc) is 2.12. The van der Waals surface area contributed by atoms with E-state index in [4.69, 9.17) is 9.16 Å². The summed E-state index contributed by atoms with van der Waals surface area (Å²) in [6, 6.07) is 0. The van der Waals surface area contributed by atoms with Gasteiger partial charge in [-0.25, -0.2) is 0 Å². The second kappa shape index (κ2) is 7.66. The zero-order chi connectivity index (χ0) is 14.4. The first-order valence-electron chi connectivity index (χ1n) is 7.23. The Morgan fingerprint density at radius 2 is 1.33 bits per heavy atom. The third-order valence-electron chi connectivity index (χ3n) is 2.94. The first kappa shape index (κ1) is 18.1. The van der Waals surface area contributed by atoms with Gasteiger partial charge < -0.3 is 9.16 Å². The van der Waals surface area contributed by atoms with Crippen LogP contribution in [0.5, 0.6) is 0 Å². The summed E-state index contributed by atoms with van der Waals surface area (Å²) >= 11 is 0. The summed E-state index contributed by atoms with van der Waals surface area (Å²) in [6.45, 7) is 17.6. The van der Waals surface area contributed by atoms with Crippen LogP contribution in [0.25, 0.3) is 0 Å². The fraction of sp³-hybridized carbons (Fsp3) is 1.00. The third-order valence-corrected chi connectivity index (χ3v) is 3.95. The van der Waals surface area contributed by atoms with E-state index in [-0.39, 0.29) is 5.41 Å². The highest BCUT2D eigenvalue weighted by atomic mass is 28.4. The molecule has 0 aliphatic carbocycles. The monoisotopic (exact) mass is 274 g/mol. The van der Waals surface area contributed by atoms with Gasteiger partial charge in [-0.1, -0.05) is 27.7 Å². The van der Waals surface area contributed by atoms with Crippen LogP contribution in [0.1, 0.15) is 40.5 Å². The van der Waals surface area contributed by atoms with E-state index in [1.165, 1.54) is 12.8 Å². The van der Waals surface area contributed by atoms with Gasteiger partial charge in [0.2, 0.25) is 0 Å². The standard InChI is InChI=1S/C15H34O2Si/c1-13(2)9-15(11-16-5,10-14(3)4)12-17-18(6,7)8/h13-14H,9-12H2,1-8H3. The molecular formula is C15H34O2Si. The number of hydrogen-bond donors (Lipinski definition) is 0. The molecule has 0 atom stereocenters. The lowest BCUT2D eigenvalue weighted by Gasteiger charge is -2.38. The van der Waals surface area contributed by atoms with Gasteiger partial charge in [0.15, 0.2) is 8.32 Å². The Kier molecular flexibility index (Phi) is 7.72. The lowest BCUT2D eigenvalue weighted by molar-refractivity contribution is 0.00555. The van der Waals surface area contributed by atoms with Crippen molar-refractivity contribution in [3.8, 4) is 0 Å². The molecule has 110 valence electrons. The van der Waals surface area contributed by atoms with Crippen molar-refractivity contribution in [2.24, 2.45) is 17.3 Å². The van der Waals surface area contributed by atoms with E-state index >= 15 is 0 Å². The summed E-state index contributed by atoms with van der Waals surface area (Å²) in [5.74, 6) is 1.37. The van der Waals surface area contributed by atoms with Crippen molar-refractivity contribution in [2.45, 2.75) is 60.2 Å². The van der Waals surface area contributed by atoms with Gasteiger partial charge in [-0.15, -0.1) is 0 Å². The molecule has 0 saturated carbocycles. The highest BCUT2D eigenvalue weighted by Crippen LogP contribution is 2.35. The minimum atomic E-state index is -1.45. The van der Waals surface area contributed by atoms with E-state index in [9.17, 15) is 0 Å². The van der Waals surface area contributed by atoms with Crippen LogP contribution in [-0.2, 0) is 9.16 Å². The molecule has 18 heavy (non-hydrogen) atoms. The zero-order valence-electron chi connectivity index (χ0n) is 13.8. The van der Waals surface area contributed by atoms with Crippen LogP contribution in [0.3, 0.4) is 0 Å². The van der Waals surface area contributed by atoms with Crippen LogP contribution >= 0.6 is 0 Å². The minimum Gasteiger partial charge on any atom is -0.417 e. The molecule has 0 aromatic rings. The molecule has 0 radical (unpaired) electrons. The van der Waals surface area contributed by atoms with Gasteiger partial charge in [0, 0.05) is 19.1 Å². The number of rotatable bonds is 9. The SMILES string of the molecule is COCC(CO[Si](C)(C)C)(CC(C)C)CC(C)C. The molecule has 0 saturated heterocycles. The molecular weight excluding hydrogens is 240 g/mol. The fourth-order valence-electron chi connectivity index (χ4n) is 2.77. The first-order valence-corrected chi connectivity index (χ1v) is 10.6. The van der Waals surface area contributed by atoms with Crippen molar-refractivity contribution < 1.29 is 9.16 Å².